The first-order valence-electron chi connectivity index (χ1n) is 10.6. The summed E-state index contributed by atoms with van der Waals surface area (Å²) in [5, 5.41) is 2.01. The molecule has 31 heavy (non-hydrogen) atoms. The third-order valence-corrected chi connectivity index (χ3v) is 7.72. The maximum atomic E-state index is 12.8. The molecule has 0 saturated carbocycles. The fourth-order valence-corrected chi connectivity index (χ4v) is 5.77. The van der Waals surface area contributed by atoms with Crippen LogP contribution in [-0.4, -0.2) is 64.2 Å². The monoisotopic (exact) mass is 456 g/mol. The molecule has 0 atom stereocenters. The lowest BCUT2D eigenvalue weighted by molar-refractivity contribution is -0.130. The van der Waals surface area contributed by atoms with Gasteiger partial charge in [-0.3, -0.25) is 9.69 Å². The second-order valence-corrected chi connectivity index (χ2v) is 9.83. The van der Waals surface area contributed by atoms with Crippen LogP contribution in [-0.2, 0) is 11.3 Å². The molecule has 1 aliphatic rings. The largest absolute Gasteiger partial charge is 0.494 e. The first-order chi connectivity index (χ1) is 15.0. The fourth-order valence-electron chi connectivity index (χ4n) is 3.75. The summed E-state index contributed by atoms with van der Waals surface area (Å²) in [5.41, 5.74) is 2.49. The highest BCUT2D eigenvalue weighted by atomic mass is 32.2. The summed E-state index contributed by atoms with van der Waals surface area (Å²) in [7, 11) is 0. The maximum Gasteiger partial charge on any atom is 0.233 e. The summed E-state index contributed by atoms with van der Waals surface area (Å²) in [4.78, 5) is 28.3. The summed E-state index contributed by atoms with van der Waals surface area (Å²) < 4.78 is 5.51. The van der Waals surface area contributed by atoms with Crippen LogP contribution in [0.5, 0.6) is 5.75 Å². The minimum atomic E-state index is 0.182. The van der Waals surface area contributed by atoms with Crippen LogP contribution in [0.25, 0.3) is 10.2 Å². The van der Waals surface area contributed by atoms with Gasteiger partial charge in [0.25, 0.3) is 0 Å². The number of amides is 1. The zero-order valence-electron chi connectivity index (χ0n) is 18.3. The lowest BCUT2D eigenvalue weighted by Gasteiger charge is -2.34. The lowest BCUT2D eigenvalue weighted by atomic mass is 10.2. The van der Waals surface area contributed by atoms with Crippen LogP contribution in [0.4, 0.5) is 0 Å². The van der Waals surface area contributed by atoms with Crippen molar-refractivity contribution in [3.8, 4) is 5.75 Å². The van der Waals surface area contributed by atoms with Crippen LogP contribution in [0.1, 0.15) is 22.9 Å². The van der Waals surface area contributed by atoms with E-state index < -0.39 is 0 Å². The molecule has 1 fully saturated rings. The van der Waals surface area contributed by atoms with Crippen molar-refractivity contribution in [3.05, 3.63) is 46.6 Å². The van der Waals surface area contributed by atoms with Gasteiger partial charge in [0, 0.05) is 43.0 Å². The Kier molecular flexibility index (Phi) is 7.09. The van der Waals surface area contributed by atoms with E-state index in [1.807, 2.05) is 24.0 Å². The number of aromatic nitrogens is 2. The van der Waals surface area contributed by atoms with Gasteiger partial charge in [-0.2, -0.15) is 0 Å². The van der Waals surface area contributed by atoms with E-state index in [2.05, 4.69) is 40.8 Å². The molecule has 1 saturated heterocycles. The predicted molar refractivity (Wildman–Crippen MR) is 127 cm³/mol. The molecule has 2 aromatic heterocycles. The number of fused-ring (bicyclic) bond motifs is 1. The van der Waals surface area contributed by atoms with E-state index in [4.69, 9.17) is 4.74 Å². The number of ether oxygens (including phenoxy) is 1. The molecule has 4 rings (SSSR count). The molecule has 164 valence electrons. The Labute approximate surface area is 191 Å². The van der Waals surface area contributed by atoms with Crippen LogP contribution >= 0.6 is 23.1 Å². The van der Waals surface area contributed by atoms with Crippen molar-refractivity contribution in [3.63, 3.8) is 0 Å². The highest BCUT2D eigenvalue weighted by Crippen LogP contribution is 2.34. The van der Waals surface area contributed by atoms with Crippen LogP contribution in [0.2, 0.25) is 0 Å². The summed E-state index contributed by atoms with van der Waals surface area (Å²) >= 11 is 3.21. The molecule has 1 aromatic carbocycles. The van der Waals surface area contributed by atoms with Gasteiger partial charge < -0.3 is 9.64 Å². The third-order valence-electron chi connectivity index (χ3n) is 5.63. The van der Waals surface area contributed by atoms with Gasteiger partial charge in [-0.15, -0.1) is 11.3 Å². The quantitative estimate of drug-likeness (QED) is 0.393. The van der Waals surface area contributed by atoms with E-state index in [0.29, 0.717) is 12.4 Å². The number of carbonyl (C=O) groups excluding carboxylic acids is 1. The Bertz CT molecular complexity index is 1040. The van der Waals surface area contributed by atoms with Gasteiger partial charge in [0.2, 0.25) is 5.91 Å². The summed E-state index contributed by atoms with van der Waals surface area (Å²) in [5.74, 6) is 1.51. The van der Waals surface area contributed by atoms with Crippen molar-refractivity contribution >= 4 is 39.2 Å². The van der Waals surface area contributed by atoms with Gasteiger partial charge in [-0.25, -0.2) is 9.97 Å². The fraction of sp³-hybridized carbons (Fsp3) is 0.435. The molecule has 0 N–H and O–H groups in total. The SMILES string of the molecule is CCOc1ccc(CN2CCN(C(=O)CSc3ncnc4sc(C)c(C)c34)CC2)cc1. The number of hydrogen-bond donors (Lipinski definition) is 0. The van der Waals surface area contributed by atoms with E-state index in [-0.39, 0.29) is 5.91 Å². The Morgan fingerprint density at radius 1 is 1.13 bits per heavy atom. The second-order valence-electron chi connectivity index (χ2n) is 7.66. The van der Waals surface area contributed by atoms with Crippen molar-refractivity contribution in [1.29, 1.82) is 0 Å². The lowest BCUT2D eigenvalue weighted by Crippen LogP contribution is -2.48. The van der Waals surface area contributed by atoms with Crippen molar-refractivity contribution in [1.82, 2.24) is 19.8 Å². The van der Waals surface area contributed by atoms with Gasteiger partial charge in [-0.05, 0) is 44.0 Å². The molecule has 1 aliphatic heterocycles. The normalized spacial score (nSPS) is 14.9. The van der Waals surface area contributed by atoms with Crippen molar-refractivity contribution in [2.45, 2.75) is 32.3 Å². The molecule has 3 heterocycles. The highest BCUT2D eigenvalue weighted by Gasteiger charge is 2.22. The van der Waals surface area contributed by atoms with Crippen LogP contribution < -0.4 is 4.74 Å². The zero-order chi connectivity index (χ0) is 21.8. The number of hydrogen-bond acceptors (Lipinski definition) is 7. The maximum absolute atomic E-state index is 12.8. The predicted octanol–water partition coefficient (Wildman–Crippen LogP) is 4.14. The van der Waals surface area contributed by atoms with Gasteiger partial charge >= 0.3 is 0 Å². The molecule has 3 aromatic rings. The van der Waals surface area contributed by atoms with Gasteiger partial charge in [0.05, 0.1) is 12.4 Å². The minimum Gasteiger partial charge on any atom is -0.494 e. The summed E-state index contributed by atoms with van der Waals surface area (Å²) in [6.07, 6.45) is 1.60. The standard InChI is InChI=1S/C23H28N4O2S2/c1-4-29-19-7-5-18(6-8-19)13-26-9-11-27(12-10-26)20(28)14-30-22-21-16(2)17(3)31-23(21)25-15-24-22/h5-8,15H,4,9-14H2,1-3H3. The van der Waals surface area contributed by atoms with Gasteiger partial charge in [-0.1, -0.05) is 23.9 Å². The average Bonchev–Trinajstić information content (AvgIpc) is 3.08. The molecular formula is C23H28N4O2S2. The number of carbonyl (C=O) groups is 1. The number of aryl methyl sites for hydroxylation is 2. The van der Waals surface area contributed by atoms with Crippen LogP contribution in [0, 0.1) is 13.8 Å². The molecule has 0 bridgehead atoms. The molecule has 0 unspecified atom stereocenters. The van der Waals surface area contributed by atoms with Crippen molar-refractivity contribution in [2.24, 2.45) is 0 Å². The third kappa shape index (κ3) is 5.19. The Morgan fingerprint density at radius 2 is 1.87 bits per heavy atom. The number of thioether (sulfide) groups is 1. The molecule has 0 radical (unpaired) electrons. The van der Waals surface area contributed by atoms with Gasteiger partial charge in [0.1, 0.15) is 21.9 Å². The first-order valence-corrected chi connectivity index (χ1v) is 12.4. The van der Waals surface area contributed by atoms with Gasteiger partial charge in [0.15, 0.2) is 0 Å². The van der Waals surface area contributed by atoms with E-state index in [1.165, 1.54) is 27.8 Å². The van der Waals surface area contributed by atoms with E-state index in [1.54, 1.807) is 17.7 Å². The summed E-state index contributed by atoms with van der Waals surface area (Å²) in [6, 6.07) is 8.29. The number of piperazine rings is 1. The van der Waals surface area contributed by atoms with E-state index in [9.17, 15) is 4.79 Å². The zero-order valence-corrected chi connectivity index (χ0v) is 19.9. The summed E-state index contributed by atoms with van der Waals surface area (Å²) in [6.45, 7) is 11.1. The van der Waals surface area contributed by atoms with Crippen molar-refractivity contribution in [2.75, 3.05) is 38.5 Å². The number of thiophene rings is 1. The van der Waals surface area contributed by atoms with Crippen LogP contribution in [0.3, 0.4) is 0 Å². The van der Waals surface area contributed by atoms with E-state index >= 15 is 0 Å². The topological polar surface area (TPSA) is 58.6 Å². The van der Waals surface area contributed by atoms with Crippen LogP contribution in [0.15, 0.2) is 35.6 Å². The van der Waals surface area contributed by atoms with Crippen molar-refractivity contribution < 1.29 is 9.53 Å². The van der Waals surface area contributed by atoms with E-state index in [0.717, 1.165) is 53.7 Å². The number of benzene rings is 1. The Morgan fingerprint density at radius 3 is 2.58 bits per heavy atom. The molecule has 0 spiro atoms. The molecule has 1 amide bonds. The Hall–Kier alpha value is -2.16. The average molecular weight is 457 g/mol. The Balaban J connectivity index is 1.28. The second kappa shape index (κ2) is 9.97. The molecule has 8 heteroatoms. The minimum absolute atomic E-state index is 0.182. The highest BCUT2D eigenvalue weighted by molar-refractivity contribution is 8.00. The smallest absolute Gasteiger partial charge is 0.233 e. The first kappa shape index (κ1) is 22.0. The molecular weight excluding hydrogens is 428 g/mol. The molecule has 6 nitrogen and oxygen atoms in total. The molecule has 0 aliphatic carbocycles. The number of nitrogens with zero attached hydrogens (tertiary/aromatic N) is 4. The number of rotatable bonds is 7.